The highest BCUT2D eigenvalue weighted by Gasteiger charge is 2.13. The molecule has 1 rings (SSSR count). The highest BCUT2D eigenvalue weighted by molar-refractivity contribution is 7.99. The molecule has 0 radical (unpaired) electrons. The summed E-state index contributed by atoms with van der Waals surface area (Å²) >= 11 is 1.76. The van der Waals surface area contributed by atoms with E-state index in [1.165, 1.54) is 4.90 Å². The molecule has 18 heavy (non-hydrogen) atoms. The lowest BCUT2D eigenvalue weighted by Gasteiger charge is -2.05. The topological polar surface area (TPSA) is 55.4 Å². The summed E-state index contributed by atoms with van der Waals surface area (Å²) in [5.74, 6) is -0.515. The number of thioether (sulfide) groups is 1. The highest BCUT2D eigenvalue weighted by atomic mass is 32.2. The molecular weight excluding hydrogens is 250 g/mol. The third-order valence-electron chi connectivity index (χ3n) is 2.15. The van der Waals surface area contributed by atoms with Crippen molar-refractivity contribution in [1.82, 2.24) is 5.32 Å². The van der Waals surface area contributed by atoms with Crippen molar-refractivity contribution in [2.75, 3.05) is 12.4 Å². The van der Waals surface area contributed by atoms with E-state index in [4.69, 9.17) is 0 Å². The summed E-state index contributed by atoms with van der Waals surface area (Å²) in [7, 11) is 0. The van der Waals surface area contributed by atoms with E-state index in [1.54, 1.807) is 18.7 Å². The van der Waals surface area contributed by atoms with Crippen LogP contribution in [0.5, 0.6) is 0 Å². The number of rotatable bonds is 5. The third kappa shape index (κ3) is 4.79. The van der Waals surface area contributed by atoms with Gasteiger partial charge in [-0.05, 0) is 30.4 Å². The van der Waals surface area contributed by atoms with E-state index in [0.29, 0.717) is 6.54 Å². The van der Waals surface area contributed by atoms with E-state index in [1.807, 2.05) is 24.3 Å². The predicted octanol–water partition coefficient (Wildman–Crippen LogP) is 1.98. The Hall–Kier alpha value is -1.49. The van der Waals surface area contributed by atoms with Gasteiger partial charge in [-0.15, -0.1) is 11.8 Å². The van der Waals surface area contributed by atoms with E-state index < -0.39 is 11.9 Å². The Kier molecular flexibility index (Phi) is 6.28. The SMILES string of the molecule is CCOC(=O)C(=O)NCc1ccc(SCC)cc1. The highest BCUT2D eigenvalue weighted by Crippen LogP contribution is 2.17. The van der Waals surface area contributed by atoms with Gasteiger partial charge in [0.05, 0.1) is 6.61 Å². The maximum Gasteiger partial charge on any atom is 0.396 e. The van der Waals surface area contributed by atoms with Crippen LogP contribution >= 0.6 is 11.8 Å². The number of nitrogens with one attached hydrogen (secondary N) is 1. The first kappa shape index (κ1) is 14.6. The molecule has 1 aromatic rings. The Bertz CT molecular complexity index is 403. The van der Waals surface area contributed by atoms with Gasteiger partial charge in [-0.3, -0.25) is 4.79 Å². The van der Waals surface area contributed by atoms with Crippen LogP contribution in [0.2, 0.25) is 0 Å². The molecule has 0 unspecified atom stereocenters. The van der Waals surface area contributed by atoms with Gasteiger partial charge in [-0.1, -0.05) is 19.1 Å². The molecule has 0 bridgehead atoms. The first-order valence-corrected chi connectivity index (χ1v) is 6.82. The van der Waals surface area contributed by atoms with Crippen molar-refractivity contribution in [3.63, 3.8) is 0 Å². The zero-order valence-corrected chi connectivity index (χ0v) is 11.4. The van der Waals surface area contributed by atoms with Gasteiger partial charge in [0.15, 0.2) is 0 Å². The summed E-state index contributed by atoms with van der Waals surface area (Å²) in [6.07, 6.45) is 0. The summed E-state index contributed by atoms with van der Waals surface area (Å²) in [6.45, 7) is 4.29. The van der Waals surface area contributed by atoms with Crippen molar-refractivity contribution in [1.29, 1.82) is 0 Å². The molecule has 1 amide bonds. The van der Waals surface area contributed by atoms with Crippen molar-refractivity contribution < 1.29 is 14.3 Å². The summed E-state index contributed by atoms with van der Waals surface area (Å²) in [4.78, 5) is 23.5. The van der Waals surface area contributed by atoms with Crippen LogP contribution in [0.3, 0.4) is 0 Å². The average Bonchev–Trinajstić information content (AvgIpc) is 2.38. The molecule has 0 atom stereocenters. The smallest absolute Gasteiger partial charge is 0.396 e. The molecule has 0 aromatic heterocycles. The van der Waals surface area contributed by atoms with E-state index in [0.717, 1.165) is 11.3 Å². The molecule has 0 aliphatic heterocycles. The minimum atomic E-state index is -0.837. The number of amides is 1. The Balaban J connectivity index is 2.43. The molecule has 4 nitrogen and oxygen atoms in total. The third-order valence-corrected chi connectivity index (χ3v) is 3.04. The van der Waals surface area contributed by atoms with Crippen molar-refractivity contribution in [3.05, 3.63) is 29.8 Å². The van der Waals surface area contributed by atoms with Gasteiger partial charge in [0.2, 0.25) is 0 Å². The van der Waals surface area contributed by atoms with Crippen LogP contribution in [-0.4, -0.2) is 24.2 Å². The van der Waals surface area contributed by atoms with E-state index >= 15 is 0 Å². The molecule has 0 spiro atoms. The number of esters is 1. The standard InChI is InChI=1S/C13H17NO3S/c1-3-17-13(16)12(15)14-9-10-5-7-11(8-6-10)18-4-2/h5-8H,3-4,9H2,1-2H3,(H,14,15). The van der Waals surface area contributed by atoms with Crippen LogP contribution in [-0.2, 0) is 20.9 Å². The van der Waals surface area contributed by atoms with E-state index in [-0.39, 0.29) is 6.61 Å². The summed E-state index contributed by atoms with van der Waals surface area (Å²) < 4.78 is 4.59. The second kappa shape index (κ2) is 7.76. The van der Waals surface area contributed by atoms with Crippen LogP contribution in [0, 0.1) is 0 Å². The molecule has 0 aliphatic carbocycles. The van der Waals surface area contributed by atoms with E-state index in [9.17, 15) is 9.59 Å². The fraction of sp³-hybridized carbons (Fsp3) is 0.385. The number of benzene rings is 1. The molecule has 0 saturated carbocycles. The Morgan fingerprint density at radius 3 is 2.44 bits per heavy atom. The van der Waals surface area contributed by atoms with Gasteiger partial charge in [0.1, 0.15) is 0 Å². The van der Waals surface area contributed by atoms with Crippen molar-refractivity contribution >= 4 is 23.6 Å². The molecule has 1 aromatic carbocycles. The maximum atomic E-state index is 11.3. The Labute approximate surface area is 111 Å². The number of carbonyl (C=O) groups is 2. The largest absolute Gasteiger partial charge is 0.459 e. The van der Waals surface area contributed by atoms with Gasteiger partial charge in [-0.2, -0.15) is 0 Å². The van der Waals surface area contributed by atoms with Gasteiger partial charge >= 0.3 is 11.9 Å². The quantitative estimate of drug-likeness (QED) is 0.503. The molecule has 98 valence electrons. The average molecular weight is 267 g/mol. The van der Waals surface area contributed by atoms with E-state index in [2.05, 4.69) is 17.0 Å². The molecule has 0 heterocycles. The second-order valence-electron chi connectivity index (χ2n) is 3.48. The van der Waals surface area contributed by atoms with Gasteiger partial charge in [-0.25, -0.2) is 4.79 Å². The molecule has 5 heteroatoms. The molecular formula is C13H17NO3S. The lowest BCUT2D eigenvalue weighted by atomic mass is 10.2. The lowest BCUT2D eigenvalue weighted by Crippen LogP contribution is -2.32. The van der Waals surface area contributed by atoms with Crippen LogP contribution < -0.4 is 5.32 Å². The summed E-state index contributed by atoms with van der Waals surface area (Å²) in [5, 5.41) is 2.51. The first-order chi connectivity index (χ1) is 8.67. The van der Waals surface area contributed by atoms with Gasteiger partial charge < -0.3 is 10.1 Å². The van der Waals surface area contributed by atoms with Crippen LogP contribution in [0.1, 0.15) is 19.4 Å². The molecule has 1 N–H and O–H groups in total. The Morgan fingerprint density at radius 2 is 1.89 bits per heavy atom. The van der Waals surface area contributed by atoms with Crippen LogP contribution in [0.15, 0.2) is 29.2 Å². The first-order valence-electron chi connectivity index (χ1n) is 5.84. The number of carbonyl (C=O) groups excluding carboxylic acids is 2. The van der Waals surface area contributed by atoms with Gasteiger partial charge in [0.25, 0.3) is 0 Å². The van der Waals surface area contributed by atoms with Crippen LogP contribution in [0.4, 0.5) is 0 Å². The maximum absolute atomic E-state index is 11.3. The summed E-state index contributed by atoms with van der Waals surface area (Å²) in [6, 6.07) is 7.87. The number of hydrogen-bond donors (Lipinski definition) is 1. The number of hydrogen-bond acceptors (Lipinski definition) is 4. The Morgan fingerprint density at radius 1 is 1.22 bits per heavy atom. The van der Waals surface area contributed by atoms with Crippen molar-refractivity contribution in [2.24, 2.45) is 0 Å². The lowest BCUT2D eigenvalue weighted by molar-refractivity contribution is -0.154. The minimum absolute atomic E-state index is 0.204. The zero-order chi connectivity index (χ0) is 13.4. The predicted molar refractivity (Wildman–Crippen MR) is 71.3 cm³/mol. The fourth-order valence-corrected chi connectivity index (χ4v) is 1.98. The minimum Gasteiger partial charge on any atom is -0.459 e. The fourth-order valence-electron chi connectivity index (χ4n) is 1.32. The zero-order valence-electron chi connectivity index (χ0n) is 10.6. The second-order valence-corrected chi connectivity index (χ2v) is 4.82. The van der Waals surface area contributed by atoms with Crippen LogP contribution in [0.25, 0.3) is 0 Å². The van der Waals surface area contributed by atoms with Crippen molar-refractivity contribution in [2.45, 2.75) is 25.3 Å². The molecule has 0 saturated heterocycles. The monoisotopic (exact) mass is 267 g/mol. The van der Waals surface area contributed by atoms with Gasteiger partial charge in [0, 0.05) is 11.4 Å². The number of ether oxygens (including phenoxy) is 1. The normalized spacial score (nSPS) is 9.89. The summed E-state index contributed by atoms with van der Waals surface area (Å²) in [5.41, 5.74) is 0.952. The van der Waals surface area contributed by atoms with Crippen molar-refractivity contribution in [3.8, 4) is 0 Å². The molecule has 0 aliphatic rings. The molecule has 0 fully saturated rings.